The number of benzene rings is 3. The summed E-state index contributed by atoms with van der Waals surface area (Å²) < 4.78 is 5.56. The number of hydrogen-bond acceptors (Lipinski definition) is 4. The molecule has 0 spiro atoms. The molecule has 3 aromatic carbocycles. The maximum atomic E-state index is 12.6. The molecule has 0 saturated heterocycles. The Morgan fingerprint density at radius 2 is 1.63 bits per heavy atom. The summed E-state index contributed by atoms with van der Waals surface area (Å²) >= 11 is 6.08. The van der Waals surface area contributed by atoms with E-state index in [1.54, 1.807) is 0 Å². The Morgan fingerprint density at radius 1 is 1.00 bits per heavy atom. The maximum absolute atomic E-state index is 12.6. The molecule has 180 valence electrons. The van der Waals surface area contributed by atoms with Gasteiger partial charge in [-0.1, -0.05) is 67.1 Å². The lowest BCUT2D eigenvalue weighted by molar-refractivity contribution is -0.116. The Labute approximate surface area is 208 Å². The van der Waals surface area contributed by atoms with Crippen LogP contribution in [-0.4, -0.2) is 35.7 Å². The van der Waals surface area contributed by atoms with E-state index in [0.29, 0.717) is 6.42 Å². The van der Waals surface area contributed by atoms with Crippen molar-refractivity contribution in [2.75, 3.05) is 11.9 Å². The van der Waals surface area contributed by atoms with Gasteiger partial charge in [-0.3, -0.25) is 4.79 Å². The first-order valence-electron chi connectivity index (χ1n) is 11.3. The van der Waals surface area contributed by atoms with Crippen LogP contribution < -0.4 is 10.6 Å². The minimum absolute atomic E-state index is 0.00787. The minimum atomic E-state index is -1.12. The summed E-state index contributed by atoms with van der Waals surface area (Å²) in [4.78, 5) is 36.3. The van der Waals surface area contributed by atoms with Gasteiger partial charge in [0.05, 0.1) is 16.3 Å². The number of hydrogen-bond donors (Lipinski definition) is 3. The van der Waals surface area contributed by atoms with Gasteiger partial charge in [0.2, 0.25) is 5.91 Å². The van der Waals surface area contributed by atoms with Gasteiger partial charge in [-0.05, 0) is 46.9 Å². The van der Waals surface area contributed by atoms with Gasteiger partial charge < -0.3 is 20.5 Å². The van der Waals surface area contributed by atoms with Crippen molar-refractivity contribution in [3.63, 3.8) is 0 Å². The second-order valence-electron chi connectivity index (χ2n) is 8.33. The van der Waals surface area contributed by atoms with E-state index < -0.39 is 24.0 Å². The molecule has 0 aromatic heterocycles. The Morgan fingerprint density at radius 3 is 2.23 bits per heavy atom. The number of nitrogens with one attached hydrogen (secondary N) is 2. The number of carboxylic acids is 1. The molecule has 8 heteroatoms. The lowest BCUT2D eigenvalue weighted by atomic mass is 9.98. The van der Waals surface area contributed by atoms with Crippen molar-refractivity contribution in [1.82, 2.24) is 5.32 Å². The lowest BCUT2D eigenvalue weighted by Gasteiger charge is -2.19. The molecule has 1 atom stereocenters. The zero-order valence-electron chi connectivity index (χ0n) is 19.1. The fourth-order valence-corrected chi connectivity index (χ4v) is 4.45. The van der Waals surface area contributed by atoms with Crippen LogP contribution in [0.2, 0.25) is 5.02 Å². The zero-order valence-corrected chi connectivity index (χ0v) is 19.8. The van der Waals surface area contributed by atoms with Gasteiger partial charge in [0.25, 0.3) is 0 Å². The normalized spacial score (nSPS) is 12.9. The van der Waals surface area contributed by atoms with Gasteiger partial charge in [-0.15, -0.1) is 0 Å². The second-order valence-corrected chi connectivity index (χ2v) is 8.73. The largest absolute Gasteiger partial charge is 0.478 e. The Bertz CT molecular complexity index is 1230. The third-order valence-electron chi connectivity index (χ3n) is 6.08. The van der Waals surface area contributed by atoms with Crippen LogP contribution >= 0.6 is 11.6 Å². The summed E-state index contributed by atoms with van der Waals surface area (Å²) in [7, 11) is 0. The summed E-state index contributed by atoms with van der Waals surface area (Å²) in [5.41, 5.74) is 4.74. The number of alkyl carbamates (subject to hydrolysis) is 1. The third-order valence-corrected chi connectivity index (χ3v) is 6.41. The Balaban J connectivity index is 1.34. The van der Waals surface area contributed by atoms with Gasteiger partial charge in [-0.2, -0.15) is 0 Å². The van der Waals surface area contributed by atoms with Crippen LogP contribution in [0, 0.1) is 0 Å². The number of amides is 2. The summed E-state index contributed by atoms with van der Waals surface area (Å²) in [5.74, 6) is -1.58. The van der Waals surface area contributed by atoms with Gasteiger partial charge in [-0.25, -0.2) is 9.59 Å². The highest BCUT2D eigenvalue weighted by Gasteiger charge is 2.29. The van der Waals surface area contributed by atoms with Crippen molar-refractivity contribution in [2.45, 2.75) is 31.7 Å². The molecule has 4 rings (SSSR count). The van der Waals surface area contributed by atoms with E-state index in [0.717, 1.165) is 22.3 Å². The molecule has 0 fully saturated rings. The number of carbonyl (C=O) groups excluding carboxylic acids is 2. The molecule has 0 bridgehead atoms. The van der Waals surface area contributed by atoms with Crippen molar-refractivity contribution in [1.29, 1.82) is 0 Å². The topological polar surface area (TPSA) is 105 Å². The molecular weight excluding hydrogens is 468 g/mol. The first-order chi connectivity index (χ1) is 16.9. The molecule has 7 nitrogen and oxygen atoms in total. The van der Waals surface area contributed by atoms with Crippen molar-refractivity contribution >= 4 is 35.3 Å². The number of carboxylic acid groups (broad SMARTS) is 1. The molecule has 1 aliphatic carbocycles. The summed E-state index contributed by atoms with van der Waals surface area (Å²) in [6.45, 7) is 2.03. The number of halogens is 1. The summed E-state index contributed by atoms with van der Waals surface area (Å²) in [5, 5.41) is 14.7. The summed E-state index contributed by atoms with van der Waals surface area (Å²) in [6, 6.07) is 19.8. The monoisotopic (exact) mass is 492 g/mol. The number of carbonyl (C=O) groups is 3. The van der Waals surface area contributed by atoms with Gasteiger partial charge in [0, 0.05) is 18.4 Å². The number of anilines is 1. The highest BCUT2D eigenvalue weighted by molar-refractivity contribution is 6.33. The maximum Gasteiger partial charge on any atom is 0.407 e. The molecule has 0 aliphatic heterocycles. The molecule has 2 amide bonds. The molecule has 3 aromatic rings. The minimum Gasteiger partial charge on any atom is -0.478 e. The standard InChI is InChI=1S/C27H25ClN2O5/c1-2-17(14-25(31)30-24-13-16(26(32)33)11-12-23(24)28)29-27(34)35-15-22-20-9-5-3-7-18(20)19-8-4-6-10-21(19)22/h3-13,17,22H,2,14-15H2,1H3,(H,29,34)(H,30,31)(H,32,33). The SMILES string of the molecule is CCC(CC(=O)Nc1cc(C(=O)O)ccc1Cl)NC(=O)OCC1c2ccccc2-c2ccccc21. The van der Waals surface area contributed by atoms with Crippen LogP contribution in [-0.2, 0) is 9.53 Å². The van der Waals surface area contributed by atoms with E-state index in [-0.39, 0.29) is 35.2 Å². The van der Waals surface area contributed by atoms with E-state index in [9.17, 15) is 14.4 Å². The molecule has 0 heterocycles. The van der Waals surface area contributed by atoms with Crippen LogP contribution in [0.4, 0.5) is 10.5 Å². The van der Waals surface area contributed by atoms with Gasteiger partial charge >= 0.3 is 12.1 Å². The average Bonchev–Trinajstić information content (AvgIpc) is 3.17. The van der Waals surface area contributed by atoms with E-state index in [2.05, 4.69) is 22.8 Å². The van der Waals surface area contributed by atoms with Crippen molar-refractivity contribution in [2.24, 2.45) is 0 Å². The van der Waals surface area contributed by atoms with Crippen molar-refractivity contribution in [3.8, 4) is 11.1 Å². The number of fused-ring (bicyclic) bond motifs is 3. The van der Waals surface area contributed by atoms with E-state index >= 15 is 0 Å². The predicted molar refractivity (Wildman–Crippen MR) is 134 cm³/mol. The highest BCUT2D eigenvalue weighted by Crippen LogP contribution is 2.44. The van der Waals surface area contributed by atoms with Crippen LogP contribution in [0.5, 0.6) is 0 Å². The van der Waals surface area contributed by atoms with Gasteiger partial charge in [0.1, 0.15) is 6.61 Å². The van der Waals surface area contributed by atoms with E-state index in [4.69, 9.17) is 21.4 Å². The Kier molecular flexibility index (Phi) is 7.36. The number of ether oxygens (including phenoxy) is 1. The number of rotatable bonds is 8. The smallest absolute Gasteiger partial charge is 0.407 e. The average molecular weight is 493 g/mol. The lowest BCUT2D eigenvalue weighted by Crippen LogP contribution is -2.38. The van der Waals surface area contributed by atoms with Crippen LogP contribution in [0.1, 0.15) is 47.2 Å². The van der Waals surface area contributed by atoms with Crippen LogP contribution in [0.15, 0.2) is 66.7 Å². The van der Waals surface area contributed by atoms with Gasteiger partial charge in [0.15, 0.2) is 0 Å². The van der Waals surface area contributed by atoms with E-state index in [1.807, 2.05) is 43.3 Å². The fourth-order valence-electron chi connectivity index (χ4n) is 4.28. The molecule has 1 aliphatic rings. The third kappa shape index (κ3) is 5.46. The Hall–Kier alpha value is -3.84. The first kappa shape index (κ1) is 24.3. The fraction of sp³-hybridized carbons (Fsp3) is 0.222. The zero-order chi connectivity index (χ0) is 24.9. The molecule has 3 N–H and O–H groups in total. The molecule has 35 heavy (non-hydrogen) atoms. The summed E-state index contributed by atoms with van der Waals surface area (Å²) in [6.07, 6.45) is -0.119. The molecule has 0 saturated carbocycles. The van der Waals surface area contributed by atoms with Crippen LogP contribution in [0.25, 0.3) is 11.1 Å². The first-order valence-corrected chi connectivity index (χ1v) is 11.7. The quantitative estimate of drug-likeness (QED) is 0.375. The highest BCUT2D eigenvalue weighted by atomic mass is 35.5. The second kappa shape index (κ2) is 10.6. The molecule has 1 unspecified atom stereocenters. The number of aromatic carboxylic acids is 1. The predicted octanol–water partition coefficient (Wildman–Crippen LogP) is 5.68. The van der Waals surface area contributed by atoms with E-state index in [1.165, 1.54) is 18.2 Å². The molecule has 0 radical (unpaired) electrons. The van der Waals surface area contributed by atoms with Crippen LogP contribution in [0.3, 0.4) is 0 Å². The van der Waals surface area contributed by atoms with Crippen molar-refractivity contribution in [3.05, 3.63) is 88.4 Å². The molecular formula is C27H25ClN2O5. The van der Waals surface area contributed by atoms with Crippen molar-refractivity contribution < 1.29 is 24.2 Å².